The predicted molar refractivity (Wildman–Crippen MR) is 99.8 cm³/mol. The number of hydrogen-bond acceptors (Lipinski definition) is 7. The van der Waals surface area contributed by atoms with Crippen LogP contribution in [-0.4, -0.2) is 22.4 Å². The largest absolute Gasteiger partial charge is 0.480 e. The van der Waals surface area contributed by atoms with Crippen molar-refractivity contribution in [3.8, 4) is 21.5 Å². The average Bonchev–Trinajstić information content (AvgIpc) is 3.26. The summed E-state index contributed by atoms with van der Waals surface area (Å²) in [6, 6.07) is 2.18. The molecule has 3 rings (SSSR count). The first-order valence-corrected chi connectivity index (χ1v) is 9.80. The van der Waals surface area contributed by atoms with E-state index in [9.17, 15) is 13.6 Å². The number of ether oxygens (including phenoxy) is 2. The fourth-order valence-electron chi connectivity index (χ4n) is 2.34. The van der Waals surface area contributed by atoms with E-state index in [-0.39, 0.29) is 5.75 Å². The molecule has 0 aliphatic carbocycles. The number of carbonyl (C=O) groups excluding carboxylic acids is 1. The first kappa shape index (κ1) is 19.4. The van der Waals surface area contributed by atoms with Crippen molar-refractivity contribution < 1.29 is 23.0 Å². The quantitative estimate of drug-likeness (QED) is 0.496. The van der Waals surface area contributed by atoms with Crippen molar-refractivity contribution in [1.82, 2.24) is 9.97 Å². The number of thiazole rings is 2. The van der Waals surface area contributed by atoms with Gasteiger partial charge in [0.25, 0.3) is 5.19 Å². The van der Waals surface area contributed by atoms with E-state index in [1.165, 1.54) is 28.7 Å². The van der Waals surface area contributed by atoms with Gasteiger partial charge in [-0.15, -0.1) is 11.3 Å². The Balaban J connectivity index is 1.79. The van der Waals surface area contributed by atoms with Gasteiger partial charge in [-0.2, -0.15) is 0 Å². The number of benzene rings is 1. The molecule has 0 radical (unpaired) electrons. The number of halogens is 2. The Hall–Kier alpha value is -2.39. The Morgan fingerprint density at radius 1 is 1.33 bits per heavy atom. The molecule has 2 heterocycles. The van der Waals surface area contributed by atoms with E-state index in [0.29, 0.717) is 16.8 Å². The summed E-state index contributed by atoms with van der Waals surface area (Å²) in [6.07, 6.45) is 1.10. The van der Waals surface area contributed by atoms with E-state index in [1.54, 1.807) is 13.1 Å². The molecule has 9 heteroatoms. The molecule has 1 aromatic carbocycles. The van der Waals surface area contributed by atoms with Gasteiger partial charge in [0.1, 0.15) is 16.9 Å². The van der Waals surface area contributed by atoms with Gasteiger partial charge < -0.3 is 9.47 Å². The van der Waals surface area contributed by atoms with Crippen LogP contribution in [-0.2, 0) is 0 Å². The molecule has 0 saturated heterocycles. The molecule has 0 aliphatic heterocycles. The summed E-state index contributed by atoms with van der Waals surface area (Å²) in [5.41, 5.74) is 0.116. The Bertz CT molecular complexity index is 971. The molecule has 142 valence electrons. The molecule has 0 spiro atoms. The van der Waals surface area contributed by atoms with Gasteiger partial charge in [-0.25, -0.2) is 18.7 Å². The van der Waals surface area contributed by atoms with Gasteiger partial charge in [-0.05, 0) is 32.9 Å². The number of nitrogens with zero attached hydrogens (tertiary/aromatic N) is 2. The zero-order valence-electron chi connectivity index (χ0n) is 14.8. The van der Waals surface area contributed by atoms with Crippen molar-refractivity contribution in [2.24, 2.45) is 0 Å². The smallest absolute Gasteiger partial charge is 0.273 e. The lowest BCUT2D eigenvalue weighted by molar-refractivity contribution is 0.100. The minimum absolute atomic E-state index is 0.192. The lowest BCUT2D eigenvalue weighted by Crippen LogP contribution is -2.08. The molecule has 0 aliphatic rings. The van der Waals surface area contributed by atoms with E-state index < -0.39 is 29.1 Å². The molecule has 27 heavy (non-hydrogen) atoms. The summed E-state index contributed by atoms with van der Waals surface area (Å²) >= 11 is 2.73. The maximum Gasteiger partial charge on any atom is 0.273 e. The van der Waals surface area contributed by atoms with Crippen LogP contribution in [0.15, 0.2) is 23.7 Å². The highest BCUT2D eigenvalue weighted by Crippen LogP contribution is 2.34. The summed E-state index contributed by atoms with van der Waals surface area (Å²) in [5, 5.41) is 3.03. The second-order valence-corrected chi connectivity index (χ2v) is 7.43. The molecule has 1 atom stereocenters. The summed E-state index contributed by atoms with van der Waals surface area (Å²) < 4.78 is 39.0. The summed E-state index contributed by atoms with van der Waals surface area (Å²) in [5.74, 6) is -2.81. The second kappa shape index (κ2) is 8.10. The number of rotatable bonds is 7. The number of Topliss-reactive ketones (excluding diaryl/α,β-unsaturated/α-hetero) is 1. The molecular weight excluding hydrogens is 394 g/mol. The molecule has 0 amide bonds. The third kappa shape index (κ3) is 4.14. The normalized spacial score (nSPS) is 12.0. The number of ketones is 1. The van der Waals surface area contributed by atoms with E-state index >= 15 is 0 Å². The molecule has 0 bridgehead atoms. The third-order valence-electron chi connectivity index (χ3n) is 3.59. The minimum atomic E-state index is -1.00. The molecule has 2 aromatic heterocycles. The lowest BCUT2D eigenvalue weighted by Gasteiger charge is -2.14. The topological polar surface area (TPSA) is 61.3 Å². The molecule has 0 saturated carbocycles. The zero-order valence-corrected chi connectivity index (χ0v) is 16.4. The van der Waals surface area contributed by atoms with Crippen LogP contribution in [0, 0.1) is 11.6 Å². The molecule has 3 aromatic rings. The number of hydrogen-bond donors (Lipinski definition) is 0. The second-order valence-electron chi connectivity index (χ2n) is 5.55. The van der Waals surface area contributed by atoms with Gasteiger partial charge >= 0.3 is 0 Å². The number of carbonyl (C=O) groups is 1. The molecule has 5 nitrogen and oxygen atoms in total. The van der Waals surface area contributed by atoms with Crippen LogP contribution in [0.3, 0.4) is 0 Å². The maximum atomic E-state index is 14.4. The van der Waals surface area contributed by atoms with E-state index in [0.717, 1.165) is 23.6 Å². The van der Waals surface area contributed by atoms with E-state index in [4.69, 9.17) is 9.47 Å². The van der Waals surface area contributed by atoms with Gasteiger partial charge in [-0.3, -0.25) is 4.79 Å². The Kier molecular flexibility index (Phi) is 5.81. The average molecular weight is 410 g/mol. The van der Waals surface area contributed by atoms with E-state index in [2.05, 4.69) is 9.97 Å². The maximum absolute atomic E-state index is 14.4. The first-order chi connectivity index (χ1) is 12.9. The molecule has 0 fully saturated rings. The van der Waals surface area contributed by atoms with Crippen LogP contribution in [0.25, 0.3) is 10.6 Å². The van der Waals surface area contributed by atoms with Gasteiger partial charge in [0, 0.05) is 5.38 Å². The monoisotopic (exact) mass is 410 g/mol. The highest BCUT2D eigenvalue weighted by atomic mass is 32.1. The summed E-state index contributed by atoms with van der Waals surface area (Å²) in [6.45, 7) is 5.23. The SMILES string of the molecule is CCOc1ncc(-c2csc(C(C)Oc3ccc(F)c(C(C)=O)c3F)n2)s1. The highest BCUT2D eigenvalue weighted by molar-refractivity contribution is 7.17. The van der Waals surface area contributed by atoms with Gasteiger partial charge in [0.2, 0.25) is 0 Å². The van der Waals surface area contributed by atoms with Crippen LogP contribution in [0.4, 0.5) is 8.78 Å². The van der Waals surface area contributed by atoms with Crippen molar-refractivity contribution in [3.05, 3.63) is 45.9 Å². The Morgan fingerprint density at radius 3 is 2.81 bits per heavy atom. The van der Waals surface area contributed by atoms with Crippen LogP contribution in [0.2, 0.25) is 0 Å². The molecular formula is C18H16F2N2O3S2. The van der Waals surface area contributed by atoms with Crippen molar-refractivity contribution in [3.63, 3.8) is 0 Å². The van der Waals surface area contributed by atoms with Crippen LogP contribution in [0.5, 0.6) is 10.9 Å². The molecule has 0 N–H and O–H groups in total. The fraction of sp³-hybridized carbons (Fsp3) is 0.278. The lowest BCUT2D eigenvalue weighted by atomic mass is 10.1. The van der Waals surface area contributed by atoms with Gasteiger partial charge in [0.15, 0.2) is 17.3 Å². The van der Waals surface area contributed by atoms with Gasteiger partial charge in [-0.1, -0.05) is 11.3 Å². The Morgan fingerprint density at radius 2 is 2.11 bits per heavy atom. The van der Waals surface area contributed by atoms with Gasteiger partial charge in [0.05, 0.1) is 28.9 Å². The Labute approximate surface area is 162 Å². The summed E-state index contributed by atoms with van der Waals surface area (Å²) in [4.78, 5) is 21.0. The summed E-state index contributed by atoms with van der Waals surface area (Å²) in [7, 11) is 0. The van der Waals surface area contributed by atoms with Crippen molar-refractivity contribution in [2.75, 3.05) is 6.61 Å². The van der Waals surface area contributed by atoms with Crippen molar-refractivity contribution in [1.29, 1.82) is 0 Å². The third-order valence-corrected chi connectivity index (χ3v) is 5.52. The predicted octanol–water partition coefficient (Wildman–Crippen LogP) is 5.29. The first-order valence-electron chi connectivity index (χ1n) is 8.10. The molecule has 1 unspecified atom stereocenters. The van der Waals surface area contributed by atoms with Crippen LogP contribution in [0.1, 0.15) is 42.2 Å². The van der Waals surface area contributed by atoms with Crippen LogP contribution >= 0.6 is 22.7 Å². The van der Waals surface area contributed by atoms with Crippen molar-refractivity contribution in [2.45, 2.75) is 26.9 Å². The van der Waals surface area contributed by atoms with Crippen molar-refractivity contribution >= 4 is 28.5 Å². The van der Waals surface area contributed by atoms with Crippen LogP contribution < -0.4 is 9.47 Å². The fourth-order valence-corrected chi connectivity index (χ4v) is 4.00. The van der Waals surface area contributed by atoms with E-state index in [1.807, 2.05) is 12.3 Å². The number of aromatic nitrogens is 2. The highest BCUT2D eigenvalue weighted by Gasteiger charge is 2.21. The minimum Gasteiger partial charge on any atom is -0.480 e. The zero-order chi connectivity index (χ0) is 19.6. The standard InChI is InChI=1S/C18H16F2N2O3S2/c1-4-24-18-21-7-14(27-18)12-8-26-17(22-12)10(3)25-13-6-5-11(19)15(9(2)23)16(13)20/h5-8,10H,4H2,1-3H3.